The molecular weight excluding hydrogens is 230 g/mol. The number of aromatic amines is 1. The van der Waals surface area contributed by atoms with Crippen molar-refractivity contribution in [1.82, 2.24) is 14.5 Å². The molecule has 0 aliphatic heterocycles. The molecule has 0 spiro atoms. The summed E-state index contributed by atoms with van der Waals surface area (Å²) in [6.07, 6.45) is 7.71. The summed E-state index contributed by atoms with van der Waals surface area (Å²) in [5.74, 6) is 1.66. The number of imidazole rings is 1. The van der Waals surface area contributed by atoms with Gasteiger partial charge < -0.3 is 9.55 Å². The van der Waals surface area contributed by atoms with Crippen molar-refractivity contribution in [2.75, 3.05) is 0 Å². The molecule has 1 aliphatic carbocycles. The van der Waals surface area contributed by atoms with Crippen LogP contribution in [-0.4, -0.2) is 14.5 Å². The fourth-order valence-electron chi connectivity index (χ4n) is 2.94. The van der Waals surface area contributed by atoms with Crippen molar-refractivity contribution in [3.63, 3.8) is 0 Å². The van der Waals surface area contributed by atoms with Gasteiger partial charge in [-0.3, -0.25) is 4.98 Å². The fourth-order valence-corrected chi connectivity index (χ4v) is 3.22. The van der Waals surface area contributed by atoms with Crippen LogP contribution < -0.4 is 0 Å². The Bertz CT molecular complexity index is 584. The van der Waals surface area contributed by atoms with Crippen LogP contribution in [0.1, 0.15) is 26.2 Å². The number of nitrogens with zero attached hydrogens (tertiary/aromatic N) is 2. The number of hydrogen-bond acceptors (Lipinski definition) is 2. The Kier molecular flexibility index (Phi) is 2.74. The highest BCUT2D eigenvalue weighted by Gasteiger charge is 2.22. The van der Waals surface area contributed by atoms with Crippen LogP contribution in [0.25, 0.3) is 11.0 Å². The van der Waals surface area contributed by atoms with Gasteiger partial charge in [-0.05, 0) is 43.0 Å². The minimum Gasteiger partial charge on any atom is -0.329 e. The summed E-state index contributed by atoms with van der Waals surface area (Å²) >= 11 is 5.40. The molecule has 2 unspecified atom stereocenters. The van der Waals surface area contributed by atoms with Crippen molar-refractivity contribution in [2.45, 2.75) is 32.7 Å². The largest absolute Gasteiger partial charge is 0.329 e. The smallest absolute Gasteiger partial charge is 0.178 e. The van der Waals surface area contributed by atoms with E-state index in [0.29, 0.717) is 0 Å². The summed E-state index contributed by atoms with van der Waals surface area (Å²) in [6.45, 7) is 3.39. The van der Waals surface area contributed by atoms with E-state index in [9.17, 15) is 0 Å². The molecule has 2 heterocycles. The molecule has 0 amide bonds. The van der Waals surface area contributed by atoms with Crippen molar-refractivity contribution in [2.24, 2.45) is 11.8 Å². The van der Waals surface area contributed by atoms with E-state index in [1.807, 2.05) is 18.5 Å². The number of nitrogens with one attached hydrogen (secondary N) is 1. The second-order valence-corrected chi connectivity index (χ2v) is 5.60. The summed E-state index contributed by atoms with van der Waals surface area (Å²) in [7, 11) is 0. The highest BCUT2D eigenvalue weighted by molar-refractivity contribution is 7.71. The van der Waals surface area contributed by atoms with Gasteiger partial charge in [0, 0.05) is 12.7 Å². The van der Waals surface area contributed by atoms with Crippen LogP contribution in [0.5, 0.6) is 0 Å². The second-order valence-electron chi connectivity index (χ2n) is 5.22. The number of fused-ring (bicyclic) bond motifs is 1. The van der Waals surface area contributed by atoms with Crippen LogP contribution in [0.4, 0.5) is 0 Å². The first-order valence-electron chi connectivity index (χ1n) is 6.26. The molecule has 2 aromatic heterocycles. The summed E-state index contributed by atoms with van der Waals surface area (Å²) in [4.78, 5) is 7.35. The Morgan fingerprint density at radius 3 is 3.18 bits per heavy atom. The van der Waals surface area contributed by atoms with Gasteiger partial charge in [-0.15, -0.1) is 0 Å². The summed E-state index contributed by atoms with van der Waals surface area (Å²) < 4.78 is 3.06. The van der Waals surface area contributed by atoms with Gasteiger partial charge in [0.1, 0.15) is 0 Å². The van der Waals surface area contributed by atoms with Gasteiger partial charge >= 0.3 is 0 Å². The average Bonchev–Trinajstić information content (AvgIpc) is 2.85. The van der Waals surface area contributed by atoms with Gasteiger partial charge in [-0.25, -0.2) is 0 Å². The maximum Gasteiger partial charge on any atom is 0.178 e. The number of hydrogen-bond donors (Lipinski definition) is 1. The van der Waals surface area contributed by atoms with E-state index in [4.69, 9.17) is 12.2 Å². The highest BCUT2D eigenvalue weighted by atomic mass is 32.1. The predicted molar refractivity (Wildman–Crippen MR) is 71.4 cm³/mol. The monoisotopic (exact) mass is 247 g/mol. The molecule has 0 saturated heterocycles. The lowest BCUT2D eigenvalue weighted by molar-refractivity contribution is 0.444. The Hall–Kier alpha value is -1.16. The van der Waals surface area contributed by atoms with E-state index in [1.54, 1.807) is 0 Å². The van der Waals surface area contributed by atoms with Gasteiger partial charge in [0.2, 0.25) is 0 Å². The van der Waals surface area contributed by atoms with Crippen molar-refractivity contribution >= 4 is 23.3 Å². The minimum atomic E-state index is 0.781. The van der Waals surface area contributed by atoms with E-state index in [-0.39, 0.29) is 0 Å². The third-order valence-electron chi connectivity index (χ3n) is 3.82. The maximum atomic E-state index is 5.40. The lowest BCUT2D eigenvalue weighted by atomic mass is 10.1. The van der Waals surface area contributed by atoms with Crippen LogP contribution in [0, 0.1) is 16.6 Å². The Morgan fingerprint density at radius 2 is 2.41 bits per heavy atom. The molecule has 2 aromatic rings. The molecule has 2 atom stereocenters. The number of H-pyrrole nitrogens is 1. The van der Waals surface area contributed by atoms with Gasteiger partial charge in [-0.2, -0.15) is 0 Å². The topological polar surface area (TPSA) is 33.6 Å². The van der Waals surface area contributed by atoms with Gasteiger partial charge in [0.05, 0.1) is 17.2 Å². The Morgan fingerprint density at radius 1 is 1.53 bits per heavy atom. The molecule has 0 bridgehead atoms. The molecule has 3 rings (SSSR count). The first-order chi connectivity index (χ1) is 8.24. The zero-order valence-electron chi connectivity index (χ0n) is 10.0. The fraction of sp³-hybridized carbons (Fsp3) is 0.538. The van der Waals surface area contributed by atoms with Crippen LogP contribution >= 0.6 is 12.2 Å². The minimum absolute atomic E-state index is 0.781. The molecular formula is C13H17N3S. The number of aromatic nitrogens is 3. The zero-order chi connectivity index (χ0) is 11.8. The summed E-state index contributed by atoms with van der Waals surface area (Å²) in [5, 5.41) is 0. The molecule has 1 N–H and O–H groups in total. The quantitative estimate of drug-likeness (QED) is 0.824. The number of pyridine rings is 1. The normalized spacial score (nSPS) is 24.5. The lowest BCUT2D eigenvalue weighted by Crippen LogP contribution is -2.07. The van der Waals surface area contributed by atoms with Crippen LogP contribution in [0.3, 0.4) is 0 Å². The molecule has 3 nitrogen and oxygen atoms in total. The van der Waals surface area contributed by atoms with Crippen molar-refractivity contribution < 1.29 is 0 Å². The second kappa shape index (κ2) is 4.26. The first kappa shape index (κ1) is 11.0. The van der Waals surface area contributed by atoms with Gasteiger partial charge in [0.25, 0.3) is 0 Å². The van der Waals surface area contributed by atoms with Crippen molar-refractivity contribution in [3.05, 3.63) is 23.2 Å². The Balaban J connectivity index is 1.94. The van der Waals surface area contributed by atoms with E-state index in [2.05, 4.69) is 21.5 Å². The van der Waals surface area contributed by atoms with Crippen molar-refractivity contribution in [1.29, 1.82) is 0 Å². The first-order valence-corrected chi connectivity index (χ1v) is 6.67. The lowest BCUT2D eigenvalue weighted by Gasteiger charge is -2.11. The van der Waals surface area contributed by atoms with E-state index >= 15 is 0 Å². The molecule has 4 heteroatoms. The zero-order valence-corrected chi connectivity index (χ0v) is 10.8. The van der Waals surface area contributed by atoms with Crippen molar-refractivity contribution in [3.8, 4) is 0 Å². The molecule has 1 fully saturated rings. The standard InChI is InChI=1S/C13H17N3S/c1-9-2-3-10(6-9)8-16-12-4-5-14-7-11(12)15-13(16)17/h4-5,7,9-10H,2-3,6,8H2,1H3,(H,15,17). The predicted octanol–water partition coefficient (Wildman–Crippen LogP) is 3.53. The summed E-state index contributed by atoms with van der Waals surface area (Å²) in [6, 6.07) is 2.04. The Labute approximate surface area is 106 Å². The molecule has 1 saturated carbocycles. The van der Waals surface area contributed by atoms with Crippen LogP contribution in [0.15, 0.2) is 18.5 Å². The molecule has 0 radical (unpaired) electrons. The van der Waals surface area contributed by atoms with E-state index in [1.165, 1.54) is 24.8 Å². The van der Waals surface area contributed by atoms with Gasteiger partial charge in [-0.1, -0.05) is 13.3 Å². The van der Waals surface area contributed by atoms with Crippen LogP contribution in [-0.2, 0) is 6.54 Å². The average molecular weight is 247 g/mol. The molecule has 17 heavy (non-hydrogen) atoms. The molecule has 1 aliphatic rings. The molecule has 0 aromatic carbocycles. The third kappa shape index (κ3) is 2.02. The molecule has 90 valence electrons. The number of rotatable bonds is 2. The van der Waals surface area contributed by atoms with E-state index in [0.717, 1.165) is 28.7 Å². The van der Waals surface area contributed by atoms with Gasteiger partial charge in [0.15, 0.2) is 4.77 Å². The summed E-state index contributed by atoms with van der Waals surface area (Å²) in [5.41, 5.74) is 2.23. The third-order valence-corrected chi connectivity index (χ3v) is 4.14. The maximum absolute atomic E-state index is 5.40. The highest BCUT2D eigenvalue weighted by Crippen LogP contribution is 2.32. The SMILES string of the molecule is CC1CCC(Cn2c(=S)[nH]c3cnccc32)C1. The van der Waals surface area contributed by atoms with Crippen LogP contribution in [0.2, 0.25) is 0 Å². The van der Waals surface area contributed by atoms with E-state index < -0.39 is 0 Å².